The average molecular weight is 266 g/mol. The maximum atomic E-state index is 12.1. The van der Waals surface area contributed by atoms with E-state index in [1.54, 1.807) is 24.3 Å². The molecule has 0 radical (unpaired) electrons. The number of carbonyl (C=O) groups is 2. The molecule has 0 aliphatic heterocycles. The van der Waals surface area contributed by atoms with Gasteiger partial charge in [0.2, 0.25) is 0 Å². The van der Waals surface area contributed by atoms with Gasteiger partial charge in [0, 0.05) is 5.56 Å². The van der Waals surface area contributed by atoms with E-state index in [4.69, 9.17) is 4.74 Å². The van der Waals surface area contributed by atoms with Crippen LogP contribution in [0.2, 0.25) is 0 Å². The lowest BCUT2D eigenvalue weighted by Gasteiger charge is -2.07. The van der Waals surface area contributed by atoms with Gasteiger partial charge >= 0.3 is 5.97 Å². The standard InChI is InChI=1S/C17H14O3/c1-2-16(18)14-10-6-7-11-15(14)17(19)20-12-13-8-4-3-5-9-13/h2-11H,1,12H2. The van der Waals surface area contributed by atoms with Gasteiger partial charge in [-0.1, -0.05) is 55.1 Å². The zero-order valence-electron chi connectivity index (χ0n) is 10.9. The zero-order chi connectivity index (χ0) is 14.4. The second-order valence-electron chi connectivity index (χ2n) is 4.18. The average Bonchev–Trinajstić information content (AvgIpc) is 2.52. The summed E-state index contributed by atoms with van der Waals surface area (Å²) in [5.41, 5.74) is 1.46. The first-order chi connectivity index (χ1) is 9.72. The second-order valence-corrected chi connectivity index (χ2v) is 4.18. The SMILES string of the molecule is C=CC(=O)c1ccccc1C(=O)OCc1ccccc1. The highest BCUT2D eigenvalue weighted by Gasteiger charge is 2.15. The van der Waals surface area contributed by atoms with Crippen molar-refractivity contribution in [2.75, 3.05) is 0 Å². The van der Waals surface area contributed by atoms with E-state index in [1.165, 1.54) is 6.08 Å². The third kappa shape index (κ3) is 3.20. The molecule has 3 nitrogen and oxygen atoms in total. The van der Waals surface area contributed by atoms with Crippen molar-refractivity contribution in [1.82, 2.24) is 0 Å². The summed E-state index contributed by atoms with van der Waals surface area (Å²) in [5.74, 6) is -0.808. The van der Waals surface area contributed by atoms with Crippen LogP contribution in [0.4, 0.5) is 0 Å². The molecule has 100 valence electrons. The molecule has 2 rings (SSSR count). The van der Waals surface area contributed by atoms with Gasteiger partial charge in [0.1, 0.15) is 6.61 Å². The Labute approximate surface area is 117 Å². The van der Waals surface area contributed by atoms with E-state index in [9.17, 15) is 9.59 Å². The summed E-state index contributed by atoms with van der Waals surface area (Å²) < 4.78 is 5.22. The van der Waals surface area contributed by atoms with Crippen LogP contribution in [-0.4, -0.2) is 11.8 Å². The van der Waals surface area contributed by atoms with Gasteiger partial charge in [-0.3, -0.25) is 4.79 Å². The number of hydrogen-bond acceptors (Lipinski definition) is 3. The Morgan fingerprint density at radius 3 is 2.20 bits per heavy atom. The predicted octanol–water partition coefficient (Wildman–Crippen LogP) is 3.41. The van der Waals surface area contributed by atoms with E-state index < -0.39 is 5.97 Å². The van der Waals surface area contributed by atoms with Crippen LogP contribution < -0.4 is 0 Å². The maximum absolute atomic E-state index is 12.1. The fourth-order valence-electron chi connectivity index (χ4n) is 1.79. The van der Waals surface area contributed by atoms with E-state index >= 15 is 0 Å². The molecule has 20 heavy (non-hydrogen) atoms. The normalized spacial score (nSPS) is 9.80. The maximum Gasteiger partial charge on any atom is 0.339 e. The van der Waals surface area contributed by atoms with Gasteiger partial charge < -0.3 is 4.74 Å². The van der Waals surface area contributed by atoms with E-state index in [0.717, 1.165) is 5.56 Å². The Morgan fingerprint density at radius 2 is 1.55 bits per heavy atom. The molecule has 0 aliphatic carbocycles. The smallest absolute Gasteiger partial charge is 0.339 e. The van der Waals surface area contributed by atoms with Gasteiger partial charge in [0.25, 0.3) is 0 Å². The summed E-state index contributed by atoms with van der Waals surface area (Å²) in [6, 6.07) is 15.9. The van der Waals surface area contributed by atoms with E-state index in [-0.39, 0.29) is 18.0 Å². The van der Waals surface area contributed by atoms with Crippen LogP contribution in [0.3, 0.4) is 0 Å². The second kappa shape index (κ2) is 6.48. The van der Waals surface area contributed by atoms with Crippen molar-refractivity contribution in [3.05, 3.63) is 83.9 Å². The van der Waals surface area contributed by atoms with Crippen molar-refractivity contribution >= 4 is 11.8 Å². The number of esters is 1. The minimum absolute atomic E-state index is 0.177. The molecule has 0 bridgehead atoms. The highest BCUT2D eigenvalue weighted by molar-refractivity contribution is 6.11. The molecule has 0 heterocycles. The fraction of sp³-hybridized carbons (Fsp3) is 0.0588. The van der Waals surface area contributed by atoms with Gasteiger partial charge in [-0.2, -0.15) is 0 Å². The summed E-state index contributed by atoms with van der Waals surface area (Å²) in [5, 5.41) is 0. The quantitative estimate of drug-likeness (QED) is 0.473. The fourth-order valence-corrected chi connectivity index (χ4v) is 1.79. The minimum Gasteiger partial charge on any atom is -0.457 e. The molecule has 3 heteroatoms. The molecule has 0 aliphatic rings. The van der Waals surface area contributed by atoms with Crippen LogP contribution in [0, 0.1) is 0 Å². The molecular weight excluding hydrogens is 252 g/mol. The molecular formula is C17H14O3. The number of rotatable bonds is 5. The van der Waals surface area contributed by atoms with Crippen molar-refractivity contribution in [3.63, 3.8) is 0 Å². The number of hydrogen-bond donors (Lipinski definition) is 0. The topological polar surface area (TPSA) is 43.4 Å². The first-order valence-corrected chi connectivity index (χ1v) is 6.19. The third-order valence-electron chi connectivity index (χ3n) is 2.81. The van der Waals surface area contributed by atoms with Crippen molar-refractivity contribution in [3.8, 4) is 0 Å². The summed E-state index contributed by atoms with van der Waals surface area (Å²) in [6.07, 6.45) is 1.18. The Kier molecular flexibility index (Phi) is 4.45. The molecule has 0 fully saturated rings. The summed E-state index contributed by atoms with van der Waals surface area (Å²) in [7, 11) is 0. The summed E-state index contributed by atoms with van der Waals surface area (Å²) in [4.78, 5) is 23.7. The molecule has 0 unspecified atom stereocenters. The number of benzene rings is 2. The molecule has 0 saturated heterocycles. The number of carbonyl (C=O) groups excluding carboxylic acids is 2. The predicted molar refractivity (Wildman–Crippen MR) is 76.5 cm³/mol. The molecule has 0 atom stereocenters. The van der Waals surface area contributed by atoms with E-state index in [1.807, 2.05) is 30.3 Å². The number of allylic oxidation sites excluding steroid dienone is 1. The van der Waals surface area contributed by atoms with Crippen LogP contribution >= 0.6 is 0 Å². The Hall–Kier alpha value is -2.68. The van der Waals surface area contributed by atoms with Crippen LogP contribution in [0.15, 0.2) is 67.3 Å². The molecule has 0 spiro atoms. The van der Waals surface area contributed by atoms with Crippen molar-refractivity contribution in [2.24, 2.45) is 0 Å². The Morgan fingerprint density at radius 1 is 0.950 bits per heavy atom. The van der Waals surface area contributed by atoms with Crippen LogP contribution in [0.5, 0.6) is 0 Å². The summed E-state index contributed by atoms with van der Waals surface area (Å²) in [6.45, 7) is 3.61. The van der Waals surface area contributed by atoms with Crippen LogP contribution in [-0.2, 0) is 11.3 Å². The van der Waals surface area contributed by atoms with Gasteiger partial charge in [-0.05, 0) is 17.7 Å². The minimum atomic E-state index is -0.514. The summed E-state index contributed by atoms with van der Waals surface area (Å²) >= 11 is 0. The number of ether oxygens (including phenoxy) is 1. The third-order valence-corrected chi connectivity index (χ3v) is 2.81. The lowest BCUT2D eigenvalue weighted by atomic mass is 10.0. The first kappa shape index (κ1) is 13.7. The largest absolute Gasteiger partial charge is 0.457 e. The van der Waals surface area contributed by atoms with Gasteiger partial charge in [-0.25, -0.2) is 4.79 Å². The Bertz CT molecular complexity index is 630. The van der Waals surface area contributed by atoms with E-state index in [0.29, 0.717) is 5.56 Å². The molecule has 2 aromatic carbocycles. The molecule has 0 N–H and O–H groups in total. The number of ketones is 1. The van der Waals surface area contributed by atoms with Crippen molar-refractivity contribution < 1.29 is 14.3 Å². The van der Waals surface area contributed by atoms with Gasteiger partial charge in [-0.15, -0.1) is 0 Å². The van der Waals surface area contributed by atoms with Crippen LogP contribution in [0.25, 0.3) is 0 Å². The lowest BCUT2D eigenvalue weighted by Crippen LogP contribution is -2.10. The van der Waals surface area contributed by atoms with Crippen molar-refractivity contribution in [1.29, 1.82) is 0 Å². The highest BCUT2D eigenvalue weighted by Crippen LogP contribution is 2.13. The van der Waals surface area contributed by atoms with Crippen molar-refractivity contribution in [2.45, 2.75) is 6.61 Å². The zero-order valence-corrected chi connectivity index (χ0v) is 10.9. The monoisotopic (exact) mass is 266 g/mol. The molecule has 0 amide bonds. The first-order valence-electron chi connectivity index (χ1n) is 6.19. The molecule has 0 aromatic heterocycles. The highest BCUT2D eigenvalue weighted by atomic mass is 16.5. The lowest BCUT2D eigenvalue weighted by molar-refractivity contribution is 0.0470. The van der Waals surface area contributed by atoms with E-state index in [2.05, 4.69) is 6.58 Å². The van der Waals surface area contributed by atoms with Crippen LogP contribution in [0.1, 0.15) is 26.3 Å². The van der Waals surface area contributed by atoms with Gasteiger partial charge in [0.15, 0.2) is 5.78 Å². The molecule has 0 saturated carbocycles. The Balaban J connectivity index is 2.13. The van der Waals surface area contributed by atoms with Gasteiger partial charge in [0.05, 0.1) is 5.56 Å². The molecule has 2 aromatic rings.